The van der Waals surface area contributed by atoms with Gasteiger partial charge in [0.15, 0.2) is 0 Å². The molecule has 0 radical (unpaired) electrons. The molecule has 0 unspecified atom stereocenters. The number of hydrogen-bond acceptors (Lipinski definition) is 4. The smallest absolute Gasteiger partial charge is 0.318 e. The molecule has 1 atom stereocenters. The summed E-state index contributed by atoms with van der Waals surface area (Å²) < 4.78 is 22.3. The predicted molar refractivity (Wildman–Crippen MR) is 58.4 cm³/mol. The van der Waals surface area contributed by atoms with Gasteiger partial charge in [0.2, 0.25) is 0 Å². The SMILES string of the molecule is CCCC[C@H](N)P(=O)(OCC)OCC. The van der Waals surface area contributed by atoms with E-state index in [0.717, 1.165) is 12.8 Å². The van der Waals surface area contributed by atoms with E-state index in [9.17, 15) is 4.57 Å². The lowest BCUT2D eigenvalue weighted by Gasteiger charge is -2.22. The molecular weight excluding hydrogens is 201 g/mol. The van der Waals surface area contributed by atoms with Gasteiger partial charge in [-0.25, -0.2) is 0 Å². The summed E-state index contributed by atoms with van der Waals surface area (Å²) in [6.07, 6.45) is 2.67. The van der Waals surface area contributed by atoms with Crippen LogP contribution in [-0.4, -0.2) is 19.0 Å². The highest BCUT2D eigenvalue weighted by Gasteiger charge is 2.31. The van der Waals surface area contributed by atoms with Crippen molar-refractivity contribution < 1.29 is 13.6 Å². The number of unbranched alkanes of at least 4 members (excludes halogenated alkanes) is 1. The van der Waals surface area contributed by atoms with Gasteiger partial charge in [-0.2, -0.15) is 0 Å². The Bertz CT molecular complexity index is 177. The molecule has 0 bridgehead atoms. The van der Waals surface area contributed by atoms with Crippen molar-refractivity contribution in [3.63, 3.8) is 0 Å². The van der Waals surface area contributed by atoms with Gasteiger partial charge in [-0.3, -0.25) is 4.57 Å². The van der Waals surface area contributed by atoms with Crippen LogP contribution in [0.15, 0.2) is 0 Å². The maximum absolute atomic E-state index is 12.0. The molecule has 0 spiro atoms. The first-order valence-electron chi connectivity index (χ1n) is 5.25. The summed E-state index contributed by atoms with van der Waals surface area (Å²) in [5.41, 5.74) is 5.80. The molecule has 0 saturated carbocycles. The van der Waals surface area contributed by atoms with Crippen molar-refractivity contribution in [3.8, 4) is 0 Å². The molecule has 0 aliphatic rings. The highest BCUT2D eigenvalue weighted by molar-refractivity contribution is 7.54. The molecular formula is C9H22NO3P. The zero-order valence-electron chi connectivity index (χ0n) is 9.36. The summed E-state index contributed by atoms with van der Waals surface area (Å²) in [6.45, 7) is 6.39. The van der Waals surface area contributed by atoms with E-state index < -0.39 is 13.4 Å². The summed E-state index contributed by atoms with van der Waals surface area (Å²) in [7, 11) is -3.06. The van der Waals surface area contributed by atoms with E-state index >= 15 is 0 Å². The minimum absolute atomic E-state index is 0.372. The van der Waals surface area contributed by atoms with Gasteiger partial charge >= 0.3 is 7.60 Å². The Balaban J connectivity index is 4.23. The topological polar surface area (TPSA) is 61.6 Å². The van der Waals surface area contributed by atoms with Crippen LogP contribution in [0.25, 0.3) is 0 Å². The van der Waals surface area contributed by atoms with Crippen LogP contribution in [0.3, 0.4) is 0 Å². The molecule has 0 aromatic carbocycles. The van der Waals surface area contributed by atoms with Crippen LogP contribution in [-0.2, 0) is 13.6 Å². The Kier molecular flexibility index (Phi) is 7.47. The second-order valence-electron chi connectivity index (χ2n) is 3.08. The number of hydrogen-bond donors (Lipinski definition) is 1. The van der Waals surface area contributed by atoms with Crippen molar-refractivity contribution in [2.24, 2.45) is 5.73 Å². The molecule has 0 aromatic heterocycles. The van der Waals surface area contributed by atoms with Crippen LogP contribution in [0.1, 0.15) is 40.0 Å². The summed E-state index contributed by atoms with van der Waals surface area (Å²) in [5, 5.41) is 0. The molecule has 0 aliphatic heterocycles. The molecule has 0 fully saturated rings. The minimum Gasteiger partial charge on any atom is -0.318 e. The van der Waals surface area contributed by atoms with E-state index in [1.807, 2.05) is 0 Å². The van der Waals surface area contributed by atoms with E-state index in [1.54, 1.807) is 13.8 Å². The lowest BCUT2D eigenvalue weighted by atomic mass is 10.2. The Hall–Kier alpha value is 0.110. The van der Waals surface area contributed by atoms with E-state index in [-0.39, 0.29) is 0 Å². The Labute approximate surface area is 86.7 Å². The van der Waals surface area contributed by atoms with E-state index in [1.165, 1.54) is 0 Å². The van der Waals surface area contributed by atoms with Crippen molar-refractivity contribution in [2.45, 2.75) is 45.8 Å². The fraction of sp³-hybridized carbons (Fsp3) is 1.00. The van der Waals surface area contributed by atoms with Crippen LogP contribution in [0, 0.1) is 0 Å². The fourth-order valence-corrected chi connectivity index (χ4v) is 2.84. The van der Waals surface area contributed by atoms with Crippen LogP contribution < -0.4 is 5.73 Å². The van der Waals surface area contributed by atoms with Crippen molar-refractivity contribution in [1.29, 1.82) is 0 Å². The van der Waals surface area contributed by atoms with Crippen molar-refractivity contribution >= 4 is 7.60 Å². The third-order valence-corrected chi connectivity index (χ3v) is 4.18. The summed E-state index contributed by atoms with van der Waals surface area (Å²) >= 11 is 0. The van der Waals surface area contributed by atoms with Crippen molar-refractivity contribution in [2.75, 3.05) is 13.2 Å². The molecule has 0 amide bonds. The summed E-state index contributed by atoms with van der Waals surface area (Å²) in [4.78, 5) is 0. The molecule has 4 nitrogen and oxygen atoms in total. The molecule has 0 heterocycles. The van der Waals surface area contributed by atoms with Gasteiger partial charge in [0, 0.05) is 0 Å². The van der Waals surface area contributed by atoms with Crippen molar-refractivity contribution in [3.05, 3.63) is 0 Å². The lowest BCUT2D eigenvalue weighted by Crippen LogP contribution is -2.23. The average Bonchev–Trinajstić information content (AvgIpc) is 2.15. The van der Waals surface area contributed by atoms with Crippen LogP contribution in [0.2, 0.25) is 0 Å². The van der Waals surface area contributed by atoms with E-state index in [2.05, 4.69) is 6.92 Å². The van der Waals surface area contributed by atoms with E-state index in [4.69, 9.17) is 14.8 Å². The van der Waals surface area contributed by atoms with Gasteiger partial charge in [0.1, 0.15) is 5.78 Å². The fourth-order valence-electron chi connectivity index (χ4n) is 1.16. The molecule has 0 rings (SSSR count). The molecule has 14 heavy (non-hydrogen) atoms. The zero-order valence-corrected chi connectivity index (χ0v) is 10.3. The maximum Gasteiger partial charge on any atom is 0.347 e. The Morgan fingerprint density at radius 2 is 1.71 bits per heavy atom. The zero-order chi connectivity index (χ0) is 11.0. The minimum atomic E-state index is -3.06. The van der Waals surface area contributed by atoms with Crippen molar-refractivity contribution in [1.82, 2.24) is 0 Å². The maximum atomic E-state index is 12.0. The van der Waals surface area contributed by atoms with Gasteiger partial charge < -0.3 is 14.8 Å². The second-order valence-corrected chi connectivity index (χ2v) is 5.34. The third kappa shape index (κ3) is 4.56. The molecule has 0 aromatic rings. The van der Waals surface area contributed by atoms with E-state index in [0.29, 0.717) is 19.6 Å². The summed E-state index contributed by atoms with van der Waals surface area (Å²) in [6, 6.07) is 0. The monoisotopic (exact) mass is 223 g/mol. The second kappa shape index (κ2) is 7.41. The average molecular weight is 223 g/mol. The standard InChI is InChI=1S/C9H22NO3P/c1-4-7-8-9(10)14(11,12-5-2)13-6-3/h9H,4-8,10H2,1-3H3/t9-/m1/s1. The lowest BCUT2D eigenvalue weighted by molar-refractivity contribution is 0.210. The molecule has 0 aliphatic carbocycles. The van der Waals surface area contributed by atoms with Crippen LogP contribution >= 0.6 is 7.60 Å². The van der Waals surface area contributed by atoms with Gasteiger partial charge in [-0.15, -0.1) is 0 Å². The largest absolute Gasteiger partial charge is 0.347 e. The molecule has 5 heteroatoms. The van der Waals surface area contributed by atoms with Crippen LogP contribution in [0.5, 0.6) is 0 Å². The number of rotatable bonds is 8. The summed E-state index contributed by atoms with van der Waals surface area (Å²) in [5.74, 6) is -0.484. The van der Waals surface area contributed by atoms with Gasteiger partial charge in [0.05, 0.1) is 13.2 Å². The highest BCUT2D eigenvalue weighted by Crippen LogP contribution is 2.52. The first-order chi connectivity index (χ1) is 6.60. The molecule has 0 saturated heterocycles. The Morgan fingerprint density at radius 1 is 1.21 bits per heavy atom. The normalized spacial score (nSPS) is 14.3. The third-order valence-electron chi connectivity index (χ3n) is 1.88. The van der Waals surface area contributed by atoms with Crippen LogP contribution in [0.4, 0.5) is 0 Å². The van der Waals surface area contributed by atoms with Gasteiger partial charge in [-0.1, -0.05) is 19.8 Å². The molecule has 86 valence electrons. The molecule has 2 N–H and O–H groups in total. The Morgan fingerprint density at radius 3 is 2.07 bits per heavy atom. The highest BCUT2D eigenvalue weighted by atomic mass is 31.2. The van der Waals surface area contributed by atoms with Gasteiger partial charge in [-0.05, 0) is 20.3 Å². The first-order valence-corrected chi connectivity index (χ1v) is 6.86. The first kappa shape index (κ1) is 14.1. The van der Waals surface area contributed by atoms with Gasteiger partial charge in [0.25, 0.3) is 0 Å². The quantitative estimate of drug-likeness (QED) is 0.643. The number of nitrogens with two attached hydrogens (primary N) is 1. The predicted octanol–water partition coefficient (Wildman–Crippen LogP) is 2.73.